The summed E-state index contributed by atoms with van der Waals surface area (Å²) in [5.74, 6) is 0.0753. The van der Waals surface area contributed by atoms with Crippen molar-refractivity contribution < 1.29 is 14.3 Å². The van der Waals surface area contributed by atoms with Crippen molar-refractivity contribution in [2.75, 3.05) is 10.6 Å². The molecule has 0 radical (unpaired) electrons. The molecule has 4 rings (SSSR count). The first-order valence-electron chi connectivity index (χ1n) is 10.1. The van der Waals surface area contributed by atoms with Gasteiger partial charge in [0.05, 0.1) is 16.5 Å². The van der Waals surface area contributed by atoms with Crippen LogP contribution in [0.1, 0.15) is 31.2 Å². The van der Waals surface area contributed by atoms with Crippen molar-refractivity contribution in [2.24, 2.45) is 0 Å². The summed E-state index contributed by atoms with van der Waals surface area (Å²) in [6, 6.07) is 26.7. The Morgan fingerprint density at radius 1 is 0.848 bits per heavy atom. The van der Waals surface area contributed by atoms with Gasteiger partial charge in [0, 0.05) is 22.5 Å². The summed E-state index contributed by atoms with van der Waals surface area (Å²) in [7, 11) is 0. The number of carbonyl (C=O) groups excluding carboxylic acids is 2. The molecule has 2 amide bonds. The Kier molecular flexibility index (Phi) is 6.78. The number of hydrogen-bond donors (Lipinski definition) is 2. The predicted molar refractivity (Wildman–Crippen MR) is 129 cm³/mol. The minimum atomic E-state index is -0.284. The largest absolute Gasteiger partial charge is 0.489 e. The molecular weight excluding hydrogens is 434 g/mol. The lowest BCUT2D eigenvalue weighted by molar-refractivity contribution is 0.102. The number of benzene rings is 3. The fraction of sp³-hybridized carbons (Fsp3) is 0.0385. The summed E-state index contributed by atoms with van der Waals surface area (Å²) < 4.78 is 5.79. The number of amides is 2. The summed E-state index contributed by atoms with van der Waals surface area (Å²) in [6.45, 7) is 0.230. The van der Waals surface area contributed by atoms with Gasteiger partial charge in [-0.25, -0.2) is 0 Å². The van der Waals surface area contributed by atoms with E-state index in [-0.39, 0.29) is 18.4 Å². The highest BCUT2D eigenvalue weighted by molar-refractivity contribution is 7.12. The van der Waals surface area contributed by atoms with Gasteiger partial charge >= 0.3 is 0 Å². The van der Waals surface area contributed by atoms with Gasteiger partial charge in [0.2, 0.25) is 0 Å². The molecule has 2 N–H and O–H groups in total. The summed E-state index contributed by atoms with van der Waals surface area (Å²) >= 11 is 1.37. The molecule has 6 nitrogen and oxygen atoms in total. The van der Waals surface area contributed by atoms with Crippen LogP contribution in [0.25, 0.3) is 0 Å². The molecule has 0 unspecified atom stereocenters. The number of thiophene rings is 1. The first-order valence-corrected chi connectivity index (χ1v) is 11.0. The molecule has 0 saturated heterocycles. The summed E-state index contributed by atoms with van der Waals surface area (Å²) in [5.41, 5.74) is 3.02. The molecule has 0 saturated carbocycles. The number of rotatable bonds is 7. The minimum absolute atomic E-state index is 0.170. The molecule has 4 aromatic rings. The average molecular weight is 454 g/mol. The van der Waals surface area contributed by atoms with E-state index in [9.17, 15) is 14.9 Å². The highest BCUT2D eigenvalue weighted by Gasteiger charge is 2.10. The number of nitrogens with one attached hydrogen (secondary N) is 2. The van der Waals surface area contributed by atoms with Crippen molar-refractivity contribution in [1.82, 2.24) is 0 Å². The Labute approximate surface area is 195 Å². The number of nitrogens with zero attached hydrogens (tertiary/aromatic N) is 1. The van der Waals surface area contributed by atoms with Crippen molar-refractivity contribution in [3.8, 4) is 11.8 Å². The molecule has 0 aliphatic carbocycles. The van der Waals surface area contributed by atoms with Gasteiger partial charge in [-0.3, -0.25) is 9.59 Å². The summed E-state index contributed by atoms with van der Waals surface area (Å²) in [6.07, 6.45) is 0. The van der Waals surface area contributed by atoms with E-state index in [0.29, 0.717) is 33.1 Å². The first kappa shape index (κ1) is 21.8. The molecule has 0 spiro atoms. The van der Waals surface area contributed by atoms with Crippen LogP contribution in [0.4, 0.5) is 11.4 Å². The normalized spacial score (nSPS) is 10.2. The van der Waals surface area contributed by atoms with Crippen LogP contribution in [0.3, 0.4) is 0 Å². The third-order valence-electron chi connectivity index (χ3n) is 4.77. The van der Waals surface area contributed by atoms with Crippen LogP contribution in [-0.2, 0) is 6.61 Å². The number of carbonyl (C=O) groups is 2. The Morgan fingerprint density at radius 3 is 2.27 bits per heavy atom. The van der Waals surface area contributed by atoms with Gasteiger partial charge in [0.1, 0.15) is 12.4 Å². The molecule has 7 heteroatoms. The number of anilines is 2. The summed E-state index contributed by atoms with van der Waals surface area (Å²) in [4.78, 5) is 25.4. The smallest absolute Gasteiger partial charge is 0.265 e. The Hall–Kier alpha value is -4.41. The first-order chi connectivity index (χ1) is 16.1. The third-order valence-corrected chi connectivity index (χ3v) is 5.64. The topological polar surface area (TPSA) is 91.2 Å². The number of nitriles is 1. The lowest BCUT2D eigenvalue weighted by Gasteiger charge is -2.10. The van der Waals surface area contributed by atoms with E-state index < -0.39 is 0 Å². The van der Waals surface area contributed by atoms with E-state index >= 15 is 0 Å². The van der Waals surface area contributed by atoms with E-state index in [2.05, 4.69) is 16.7 Å². The molecule has 0 atom stereocenters. The van der Waals surface area contributed by atoms with Gasteiger partial charge in [-0.05, 0) is 60.0 Å². The zero-order valence-electron chi connectivity index (χ0n) is 17.4. The standard InChI is InChI=1S/C26H19N3O3S/c27-16-19-5-1-2-6-20(19)17-32-23-8-3-7-18(15-23)25(30)28-21-10-12-22(13-11-21)29-26(31)24-9-4-14-33-24/h1-15H,17H2,(H,28,30)(H,29,31). The van der Waals surface area contributed by atoms with Crippen molar-refractivity contribution in [3.63, 3.8) is 0 Å². The van der Waals surface area contributed by atoms with Gasteiger partial charge in [0.25, 0.3) is 11.8 Å². The highest BCUT2D eigenvalue weighted by Crippen LogP contribution is 2.20. The Morgan fingerprint density at radius 2 is 1.58 bits per heavy atom. The molecule has 0 aliphatic rings. The Balaban J connectivity index is 1.36. The highest BCUT2D eigenvalue weighted by atomic mass is 32.1. The molecular formula is C26H19N3O3S. The van der Waals surface area contributed by atoms with Crippen LogP contribution in [-0.4, -0.2) is 11.8 Å². The second-order valence-electron chi connectivity index (χ2n) is 7.05. The zero-order valence-corrected chi connectivity index (χ0v) is 18.3. The third kappa shape index (κ3) is 5.64. The fourth-order valence-electron chi connectivity index (χ4n) is 3.08. The lowest BCUT2D eigenvalue weighted by atomic mass is 10.1. The maximum absolute atomic E-state index is 12.7. The zero-order chi connectivity index (χ0) is 23.0. The molecule has 0 fully saturated rings. The maximum Gasteiger partial charge on any atom is 0.265 e. The average Bonchev–Trinajstić information content (AvgIpc) is 3.40. The second-order valence-corrected chi connectivity index (χ2v) is 8.00. The monoisotopic (exact) mass is 453 g/mol. The van der Waals surface area contributed by atoms with Crippen molar-refractivity contribution in [3.05, 3.63) is 112 Å². The van der Waals surface area contributed by atoms with Crippen LogP contribution >= 0.6 is 11.3 Å². The van der Waals surface area contributed by atoms with Crippen LogP contribution in [0, 0.1) is 11.3 Å². The number of ether oxygens (including phenoxy) is 1. The fourth-order valence-corrected chi connectivity index (χ4v) is 3.70. The second kappa shape index (κ2) is 10.3. The van der Waals surface area contributed by atoms with E-state index in [1.165, 1.54) is 11.3 Å². The van der Waals surface area contributed by atoms with E-state index in [1.54, 1.807) is 66.7 Å². The van der Waals surface area contributed by atoms with Gasteiger partial charge < -0.3 is 15.4 Å². The minimum Gasteiger partial charge on any atom is -0.489 e. The molecule has 1 heterocycles. The Bertz CT molecular complexity index is 1310. The quantitative estimate of drug-likeness (QED) is 0.375. The van der Waals surface area contributed by atoms with Crippen molar-refractivity contribution in [1.29, 1.82) is 5.26 Å². The van der Waals surface area contributed by atoms with Crippen LogP contribution in [0.2, 0.25) is 0 Å². The van der Waals surface area contributed by atoms with Gasteiger partial charge in [-0.1, -0.05) is 30.3 Å². The van der Waals surface area contributed by atoms with E-state index in [1.807, 2.05) is 23.6 Å². The van der Waals surface area contributed by atoms with Crippen molar-refractivity contribution in [2.45, 2.75) is 6.61 Å². The predicted octanol–water partition coefficient (Wildman–Crippen LogP) is 5.70. The van der Waals surface area contributed by atoms with Gasteiger partial charge in [-0.2, -0.15) is 5.26 Å². The van der Waals surface area contributed by atoms with Crippen molar-refractivity contribution >= 4 is 34.5 Å². The molecule has 0 aliphatic heterocycles. The van der Waals surface area contributed by atoms with Crippen LogP contribution in [0.5, 0.6) is 5.75 Å². The van der Waals surface area contributed by atoms with Gasteiger partial charge in [-0.15, -0.1) is 11.3 Å². The summed E-state index contributed by atoms with van der Waals surface area (Å²) in [5, 5.41) is 16.7. The van der Waals surface area contributed by atoms with E-state index in [0.717, 1.165) is 5.56 Å². The molecule has 162 valence electrons. The van der Waals surface area contributed by atoms with Gasteiger partial charge in [0.15, 0.2) is 0 Å². The molecule has 1 aromatic heterocycles. The lowest BCUT2D eigenvalue weighted by Crippen LogP contribution is -2.13. The maximum atomic E-state index is 12.7. The SMILES string of the molecule is N#Cc1ccccc1COc1cccc(C(=O)Nc2ccc(NC(=O)c3cccs3)cc2)c1. The molecule has 3 aromatic carbocycles. The number of hydrogen-bond acceptors (Lipinski definition) is 5. The van der Waals surface area contributed by atoms with Crippen LogP contribution < -0.4 is 15.4 Å². The molecule has 33 heavy (non-hydrogen) atoms. The van der Waals surface area contributed by atoms with E-state index in [4.69, 9.17) is 4.74 Å². The van der Waals surface area contributed by atoms with Crippen LogP contribution in [0.15, 0.2) is 90.3 Å². The molecule has 0 bridgehead atoms.